The molecule has 0 aliphatic heterocycles. The third-order valence-electron chi connectivity index (χ3n) is 2.84. The number of carbonyl (C=O) groups is 2. The van der Waals surface area contributed by atoms with Gasteiger partial charge in [0.25, 0.3) is 0 Å². The number of benzene rings is 1. The van der Waals surface area contributed by atoms with E-state index < -0.39 is 5.97 Å². The molecule has 0 aromatic heterocycles. The van der Waals surface area contributed by atoms with Gasteiger partial charge < -0.3 is 15.3 Å². The molecule has 21 heavy (non-hydrogen) atoms. The summed E-state index contributed by atoms with van der Waals surface area (Å²) in [6.07, 6.45) is 2.47. The average molecular weight is 311 g/mol. The number of carbonyl (C=O) groups excluding carboxylic acids is 1. The highest BCUT2D eigenvalue weighted by Gasteiger charge is 2.10. The Bertz CT molecular complexity index is 544. The van der Waals surface area contributed by atoms with Gasteiger partial charge in [0.1, 0.15) is 0 Å². The lowest BCUT2D eigenvalue weighted by molar-refractivity contribution is -0.131. The first kappa shape index (κ1) is 17.0. The van der Waals surface area contributed by atoms with Gasteiger partial charge in [0.2, 0.25) is 5.91 Å². The molecule has 0 atom stereocenters. The Morgan fingerprint density at radius 3 is 2.62 bits per heavy atom. The number of nitrogens with zero attached hydrogens (tertiary/aromatic N) is 1. The van der Waals surface area contributed by atoms with E-state index in [1.165, 1.54) is 6.08 Å². The van der Waals surface area contributed by atoms with Crippen molar-refractivity contribution in [2.75, 3.05) is 24.5 Å². The number of hydrogen-bond donors (Lipinski definition) is 2. The van der Waals surface area contributed by atoms with Gasteiger partial charge in [-0.15, -0.1) is 0 Å². The zero-order chi connectivity index (χ0) is 15.8. The minimum Gasteiger partial charge on any atom is -0.478 e. The van der Waals surface area contributed by atoms with Crippen molar-refractivity contribution in [1.29, 1.82) is 0 Å². The Morgan fingerprint density at radius 1 is 1.38 bits per heavy atom. The van der Waals surface area contributed by atoms with E-state index >= 15 is 0 Å². The second-order valence-electron chi connectivity index (χ2n) is 4.35. The Morgan fingerprint density at radius 2 is 2.10 bits per heavy atom. The quantitative estimate of drug-likeness (QED) is 0.759. The number of carboxylic acids is 1. The van der Waals surface area contributed by atoms with Crippen molar-refractivity contribution < 1.29 is 14.7 Å². The van der Waals surface area contributed by atoms with Crippen LogP contribution >= 0.6 is 11.6 Å². The van der Waals surface area contributed by atoms with Crippen molar-refractivity contribution in [3.63, 3.8) is 0 Å². The van der Waals surface area contributed by atoms with Crippen LogP contribution in [0, 0.1) is 0 Å². The molecule has 1 aromatic rings. The molecule has 114 valence electrons. The van der Waals surface area contributed by atoms with Crippen molar-refractivity contribution >= 4 is 35.2 Å². The molecule has 0 spiro atoms. The molecule has 0 unspecified atom stereocenters. The molecule has 1 rings (SSSR count). The number of nitrogens with one attached hydrogen (secondary N) is 1. The molecule has 0 aliphatic carbocycles. The van der Waals surface area contributed by atoms with Gasteiger partial charge in [-0.2, -0.15) is 0 Å². The maximum Gasteiger partial charge on any atom is 0.328 e. The minimum atomic E-state index is -1.03. The molecule has 0 saturated carbocycles. The Hall–Kier alpha value is -2.01. The second kappa shape index (κ2) is 8.32. The maximum atomic E-state index is 11.7. The van der Waals surface area contributed by atoms with E-state index in [-0.39, 0.29) is 12.5 Å². The number of hydrogen-bond acceptors (Lipinski definition) is 3. The summed E-state index contributed by atoms with van der Waals surface area (Å²) in [6, 6.07) is 5.28. The average Bonchev–Trinajstić information content (AvgIpc) is 2.43. The van der Waals surface area contributed by atoms with Gasteiger partial charge in [-0.1, -0.05) is 17.7 Å². The molecule has 0 radical (unpaired) electrons. The topological polar surface area (TPSA) is 69.6 Å². The standard InChI is InChI=1S/C15H19ClN2O3/c1-3-17-14(19)10-18(4-2)12-7-5-11(13(16)9-12)6-8-15(20)21/h5-9H,3-4,10H2,1-2H3,(H,17,19)(H,20,21)/b8-6+. The first-order valence-corrected chi connectivity index (χ1v) is 7.07. The van der Waals surface area contributed by atoms with Crippen molar-refractivity contribution in [2.24, 2.45) is 0 Å². The highest BCUT2D eigenvalue weighted by atomic mass is 35.5. The fraction of sp³-hybridized carbons (Fsp3) is 0.333. The van der Waals surface area contributed by atoms with Crippen LogP contribution in [-0.4, -0.2) is 36.6 Å². The van der Waals surface area contributed by atoms with E-state index in [1.54, 1.807) is 12.1 Å². The number of likely N-dealkylation sites (N-methyl/N-ethyl adjacent to an activating group) is 2. The number of amides is 1. The lowest BCUT2D eigenvalue weighted by atomic mass is 10.1. The first-order chi connectivity index (χ1) is 9.97. The predicted octanol–water partition coefficient (Wildman–Crippen LogP) is 2.40. The van der Waals surface area contributed by atoms with E-state index in [1.807, 2.05) is 24.8 Å². The molecular formula is C15H19ClN2O3. The number of anilines is 1. The van der Waals surface area contributed by atoms with E-state index in [2.05, 4.69) is 5.32 Å². The van der Waals surface area contributed by atoms with Gasteiger partial charge in [-0.05, 0) is 37.6 Å². The Balaban J connectivity index is 2.89. The molecule has 0 saturated heterocycles. The third kappa shape index (κ3) is 5.47. The van der Waals surface area contributed by atoms with Crippen molar-refractivity contribution in [3.8, 4) is 0 Å². The SMILES string of the molecule is CCNC(=O)CN(CC)c1ccc(/C=C/C(=O)O)c(Cl)c1. The van der Waals surface area contributed by atoms with Crippen LogP contribution in [0.15, 0.2) is 24.3 Å². The summed E-state index contributed by atoms with van der Waals surface area (Å²) < 4.78 is 0. The molecule has 6 heteroatoms. The lowest BCUT2D eigenvalue weighted by Crippen LogP contribution is -2.37. The van der Waals surface area contributed by atoms with Gasteiger partial charge in [0.05, 0.1) is 6.54 Å². The number of halogens is 1. The second-order valence-corrected chi connectivity index (χ2v) is 4.75. The van der Waals surface area contributed by atoms with Gasteiger partial charge in [0, 0.05) is 29.9 Å². The van der Waals surface area contributed by atoms with Crippen LogP contribution in [0.5, 0.6) is 0 Å². The van der Waals surface area contributed by atoms with E-state index in [0.717, 1.165) is 11.8 Å². The molecular weight excluding hydrogens is 292 g/mol. The molecule has 5 nitrogen and oxygen atoms in total. The van der Waals surface area contributed by atoms with Crippen LogP contribution in [-0.2, 0) is 9.59 Å². The lowest BCUT2D eigenvalue weighted by Gasteiger charge is -2.23. The monoisotopic (exact) mass is 310 g/mol. The van der Waals surface area contributed by atoms with Crippen LogP contribution < -0.4 is 10.2 Å². The normalized spacial score (nSPS) is 10.6. The fourth-order valence-corrected chi connectivity index (χ4v) is 2.06. The molecule has 1 aromatic carbocycles. The van der Waals surface area contributed by atoms with Crippen LogP contribution in [0.4, 0.5) is 5.69 Å². The van der Waals surface area contributed by atoms with Crippen molar-refractivity contribution in [2.45, 2.75) is 13.8 Å². The number of carboxylic acid groups (broad SMARTS) is 1. The van der Waals surface area contributed by atoms with E-state index in [4.69, 9.17) is 16.7 Å². The van der Waals surface area contributed by atoms with Gasteiger partial charge >= 0.3 is 5.97 Å². The molecule has 0 heterocycles. The molecule has 2 N–H and O–H groups in total. The summed E-state index contributed by atoms with van der Waals surface area (Å²) in [5.41, 5.74) is 1.44. The van der Waals surface area contributed by atoms with Crippen LogP contribution in [0.1, 0.15) is 19.4 Å². The minimum absolute atomic E-state index is 0.0506. The Labute approximate surface area is 129 Å². The summed E-state index contributed by atoms with van der Waals surface area (Å²) in [5.74, 6) is -1.08. The highest BCUT2D eigenvalue weighted by Crippen LogP contribution is 2.24. The smallest absolute Gasteiger partial charge is 0.328 e. The summed E-state index contributed by atoms with van der Waals surface area (Å²) in [4.78, 5) is 24.0. The first-order valence-electron chi connectivity index (χ1n) is 6.70. The van der Waals surface area contributed by atoms with E-state index in [0.29, 0.717) is 23.7 Å². The zero-order valence-electron chi connectivity index (χ0n) is 12.1. The zero-order valence-corrected chi connectivity index (χ0v) is 12.9. The van der Waals surface area contributed by atoms with E-state index in [9.17, 15) is 9.59 Å². The summed E-state index contributed by atoms with van der Waals surface area (Å²) in [7, 11) is 0. The van der Waals surface area contributed by atoms with Gasteiger partial charge in [-0.3, -0.25) is 4.79 Å². The van der Waals surface area contributed by atoms with Crippen molar-refractivity contribution in [3.05, 3.63) is 34.9 Å². The van der Waals surface area contributed by atoms with Crippen molar-refractivity contribution in [1.82, 2.24) is 5.32 Å². The fourth-order valence-electron chi connectivity index (χ4n) is 1.82. The number of aliphatic carboxylic acids is 1. The largest absolute Gasteiger partial charge is 0.478 e. The molecule has 0 fully saturated rings. The predicted molar refractivity (Wildman–Crippen MR) is 84.7 cm³/mol. The van der Waals surface area contributed by atoms with Gasteiger partial charge in [0.15, 0.2) is 0 Å². The van der Waals surface area contributed by atoms with Crippen LogP contribution in [0.2, 0.25) is 5.02 Å². The third-order valence-corrected chi connectivity index (χ3v) is 3.17. The van der Waals surface area contributed by atoms with Gasteiger partial charge in [-0.25, -0.2) is 4.79 Å². The molecule has 0 bridgehead atoms. The van der Waals surface area contributed by atoms with Crippen LogP contribution in [0.3, 0.4) is 0 Å². The summed E-state index contributed by atoms with van der Waals surface area (Å²) >= 11 is 6.14. The molecule has 1 amide bonds. The molecule has 0 aliphatic rings. The summed E-state index contributed by atoms with van der Waals surface area (Å²) in [6.45, 7) is 5.33. The Kier molecular flexibility index (Phi) is 6.75. The highest BCUT2D eigenvalue weighted by molar-refractivity contribution is 6.32. The summed E-state index contributed by atoms with van der Waals surface area (Å²) in [5, 5.41) is 11.8. The number of rotatable bonds is 7. The van der Waals surface area contributed by atoms with Crippen LogP contribution in [0.25, 0.3) is 6.08 Å². The maximum absolute atomic E-state index is 11.7.